The first-order valence-electron chi connectivity index (χ1n) is 13.3. The molecule has 0 N–H and O–H groups in total. The molecule has 0 amide bonds. The molecular formula is C29H43N3O. The molecule has 3 unspecified atom stereocenters. The Balaban J connectivity index is 1.46. The van der Waals surface area contributed by atoms with E-state index in [2.05, 4.69) is 65.9 Å². The summed E-state index contributed by atoms with van der Waals surface area (Å²) in [5, 5.41) is 0. The molecule has 0 spiro atoms. The van der Waals surface area contributed by atoms with Gasteiger partial charge in [0, 0.05) is 43.5 Å². The number of pyridine rings is 1. The Morgan fingerprint density at radius 2 is 2.06 bits per heavy atom. The number of nitrogens with zero attached hydrogens (tertiary/aromatic N) is 3. The van der Waals surface area contributed by atoms with Crippen molar-refractivity contribution < 1.29 is 4.74 Å². The maximum Gasteiger partial charge on any atom is 0.122 e. The minimum atomic E-state index is 0.598. The summed E-state index contributed by atoms with van der Waals surface area (Å²) < 4.78 is 5.76. The quantitative estimate of drug-likeness (QED) is 0.415. The molecule has 1 aromatic heterocycles. The van der Waals surface area contributed by atoms with Gasteiger partial charge in [-0.05, 0) is 87.4 Å². The highest BCUT2D eigenvalue weighted by Gasteiger charge is 2.34. The summed E-state index contributed by atoms with van der Waals surface area (Å²) >= 11 is 0. The van der Waals surface area contributed by atoms with E-state index in [9.17, 15) is 0 Å². The Labute approximate surface area is 201 Å². The highest BCUT2D eigenvalue weighted by molar-refractivity contribution is 5.41. The van der Waals surface area contributed by atoms with Crippen molar-refractivity contribution in [1.29, 1.82) is 0 Å². The number of benzene rings is 1. The Bertz CT molecular complexity index is 855. The van der Waals surface area contributed by atoms with Crippen LogP contribution in [0, 0.1) is 0 Å². The van der Waals surface area contributed by atoms with Crippen molar-refractivity contribution in [1.82, 2.24) is 14.8 Å². The molecule has 1 fully saturated rings. The fourth-order valence-corrected chi connectivity index (χ4v) is 5.73. The number of fused-ring (bicyclic) bond motifs is 1. The summed E-state index contributed by atoms with van der Waals surface area (Å²) in [5.74, 6) is 1.71. The van der Waals surface area contributed by atoms with E-state index in [1.807, 2.05) is 12.3 Å². The molecule has 33 heavy (non-hydrogen) atoms. The molecule has 4 rings (SSSR count). The van der Waals surface area contributed by atoms with E-state index >= 15 is 0 Å². The van der Waals surface area contributed by atoms with E-state index in [0.717, 1.165) is 25.2 Å². The first kappa shape index (κ1) is 24.2. The van der Waals surface area contributed by atoms with Gasteiger partial charge in [-0.2, -0.15) is 0 Å². The number of unbranched alkanes of at least 4 members (excludes halogenated alkanes) is 1. The molecule has 4 heteroatoms. The third kappa shape index (κ3) is 6.36. The minimum absolute atomic E-state index is 0.598. The monoisotopic (exact) mass is 449 g/mol. The van der Waals surface area contributed by atoms with Gasteiger partial charge in [0.1, 0.15) is 5.75 Å². The van der Waals surface area contributed by atoms with Gasteiger partial charge < -0.3 is 4.74 Å². The van der Waals surface area contributed by atoms with Crippen LogP contribution in [0.15, 0.2) is 42.6 Å². The number of ether oxygens (including phenoxy) is 1. The van der Waals surface area contributed by atoms with Crippen LogP contribution >= 0.6 is 0 Å². The van der Waals surface area contributed by atoms with Gasteiger partial charge in [-0.3, -0.25) is 14.8 Å². The molecule has 3 heterocycles. The fraction of sp³-hybridized carbons (Fsp3) is 0.621. The third-order valence-electron chi connectivity index (χ3n) is 7.60. The first-order valence-corrected chi connectivity index (χ1v) is 13.3. The lowest BCUT2D eigenvalue weighted by Crippen LogP contribution is -2.44. The van der Waals surface area contributed by atoms with Crippen LogP contribution in [0.25, 0.3) is 0 Å². The molecule has 2 aliphatic rings. The first-order chi connectivity index (χ1) is 16.2. The number of hydrogen-bond acceptors (Lipinski definition) is 4. The zero-order valence-corrected chi connectivity index (χ0v) is 21.0. The van der Waals surface area contributed by atoms with Crippen molar-refractivity contribution in [3.05, 3.63) is 59.4 Å². The van der Waals surface area contributed by atoms with Crippen LogP contribution in [-0.2, 0) is 12.8 Å². The summed E-state index contributed by atoms with van der Waals surface area (Å²) in [6, 6.07) is 14.5. The Kier molecular flexibility index (Phi) is 8.80. The maximum absolute atomic E-state index is 5.76. The van der Waals surface area contributed by atoms with Crippen molar-refractivity contribution in [3.63, 3.8) is 0 Å². The van der Waals surface area contributed by atoms with Crippen molar-refractivity contribution in [2.24, 2.45) is 0 Å². The van der Waals surface area contributed by atoms with Crippen LogP contribution in [0.1, 0.15) is 75.6 Å². The molecular weight excluding hydrogens is 406 g/mol. The Morgan fingerprint density at radius 1 is 1.15 bits per heavy atom. The van der Waals surface area contributed by atoms with Gasteiger partial charge in [0.2, 0.25) is 0 Å². The van der Waals surface area contributed by atoms with Gasteiger partial charge in [-0.15, -0.1) is 0 Å². The van der Waals surface area contributed by atoms with E-state index in [-0.39, 0.29) is 0 Å². The molecule has 1 saturated heterocycles. The normalized spacial score (nSPS) is 21.3. The highest BCUT2D eigenvalue weighted by atomic mass is 16.5. The minimum Gasteiger partial charge on any atom is -0.493 e. The van der Waals surface area contributed by atoms with Crippen LogP contribution in [0.5, 0.6) is 5.75 Å². The summed E-state index contributed by atoms with van der Waals surface area (Å²) in [6.07, 6.45) is 10.3. The molecule has 4 nitrogen and oxygen atoms in total. The second kappa shape index (κ2) is 12.0. The SMILES string of the molecule is CCCCN(CCC)C(C)CN1CC(c2ccc3c(c2)CCO3)CC1CCc1ccccn1. The lowest BCUT2D eigenvalue weighted by molar-refractivity contribution is 0.135. The Morgan fingerprint density at radius 3 is 2.85 bits per heavy atom. The maximum atomic E-state index is 5.76. The zero-order valence-electron chi connectivity index (χ0n) is 21.0. The van der Waals surface area contributed by atoms with E-state index in [0.29, 0.717) is 18.0 Å². The van der Waals surface area contributed by atoms with Crippen LogP contribution in [0.3, 0.4) is 0 Å². The molecule has 0 bridgehead atoms. The lowest BCUT2D eigenvalue weighted by Gasteiger charge is -2.34. The van der Waals surface area contributed by atoms with E-state index in [4.69, 9.17) is 4.74 Å². The predicted molar refractivity (Wildman–Crippen MR) is 137 cm³/mol. The zero-order chi connectivity index (χ0) is 23.0. The number of aromatic nitrogens is 1. The van der Waals surface area contributed by atoms with Crippen LogP contribution in [-0.4, -0.2) is 59.7 Å². The van der Waals surface area contributed by atoms with E-state index < -0.39 is 0 Å². The topological polar surface area (TPSA) is 28.6 Å². The summed E-state index contributed by atoms with van der Waals surface area (Å²) in [4.78, 5) is 10.1. The molecule has 180 valence electrons. The van der Waals surface area contributed by atoms with Gasteiger partial charge in [-0.1, -0.05) is 38.5 Å². The number of aryl methyl sites for hydroxylation is 1. The van der Waals surface area contributed by atoms with Crippen molar-refractivity contribution in [3.8, 4) is 5.75 Å². The summed E-state index contributed by atoms with van der Waals surface area (Å²) in [7, 11) is 0. The van der Waals surface area contributed by atoms with Gasteiger partial charge in [0.15, 0.2) is 0 Å². The van der Waals surface area contributed by atoms with Crippen LogP contribution < -0.4 is 4.74 Å². The molecule has 0 aliphatic carbocycles. The second-order valence-corrected chi connectivity index (χ2v) is 10.1. The van der Waals surface area contributed by atoms with Crippen LogP contribution in [0.4, 0.5) is 0 Å². The summed E-state index contributed by atoms with van der Waals surface area (Å²) in [5.41, 5.74) is 4.13. The molecule has 0 saturated carbocycles. The number of rotatable bonds is 12. The van der Waals surface area contributed by atoms with Crippen molar-refractivity contribution in [2.45, 2.75) is 83.7 Å². The van der Waals surface area contributed by atoms with Crippen molar-refractivity contribution in [2.75, 3.05) is 32.8 Å². The fourth-order valence-electron chi connectivity index (χ4n) is 5.73. The smallest absolute Gasteiger partial charge is 0.122 e. The highest BCUT2D eigenvalue weighted by Crippen LogP contribution is 2.37. The average Bonchev–Trinajstić information content (AvgIpc) is 3.47. The Hall–Kier alpha value is -1.91. The molecule has 2 aromatic rings. The number of hydrogen-bond donors (Lipinski definition) is 0. The van der Waals surface area contributed by atoms with Gasteiger partial charge in [-0.25, -0.2) is 0 Å². The standard InChI is InChI=1S/C29H43N3O/c1-4-6-17-31(16-5-2)23(3)21-32-22-26(24-10-13-29-25(19-24)14-18-33-29)20-28(32)12-11-27-9-7-8-15-30-27/h7-10,13,15,19,23,26,28H,4-6,11-12,14,16-18,20-22H2,1-3H3. The number of likely N-dealkylation sites (tertiary alicyclic amines) is 1. The lowest BCUT2D eigenvalue weighted by atomic mass is 9.93. The molecule has 1 aromatic carbocycles. The van der Waals surface area contributed by atoms with Crippen molar-refractivity contribution >= 4 is 0 Å². The van der Waals surface area contributed by atoms with Crippen LogP contribution in [0.2, 0.25) is 0 Å². The molecule has 2 aliphatic heterocycles. The molecule has 0 radical (unpaired) electrons. The summed E-state index contributed by atoms with van der Waals surface area (Å²) in [6.45, 7) is 12.7. The average molecular weight is 450 g/mol. The van der Waals surface area contributed by atoms with E-state index in [1.165, 1.54) is 75.1 Å². The van der Waals surface area contributed by atoms with Gasteiger partial charge in [0.25, 0.3) is 0 Å². The largest absolute Gasteiger partial charge is 0.493 e. The molecule has 3 atom stereocenters. The third-order valence-corrected chi connectivity index (χ3v) is 7.60. The predicted octanol–water partition coefficient (Wildman–Crippen LogP) is 5.71. The van der Waals surface area contributed by atoms with Gasteiger partial charge in [0.05, 0.1) is 6.61 Å². The van der Waals surface area contributed by atoms with Gasteiger partial charge >= 0.3 is 0 Å². The second-order valence-electron chi connectivity index (χ2n) is 10.1. The van der Waals surface area contributed by atoms with E-state index in [1.54, 1.807) is 0 Å².